The van der Waals surface area contributed by atoms with E-state index in [0.29, 0.717) is 6.07 Å². The smallest absolute Gasteiger partial charge is 0.449 e. The lowest BCUT2D eigenvalue weighted by Crippen LogP contribution is -2.21. The summed E-state index contributed by atoms with van der Waals surface area (Å²) >= 11 is 0. The predicted octanol–water partition coefficient (Wildman–Crippen LogP) is 1.29. The number of aliphatic hydroxyl groups is 1. The van der Waals surface area contributed by atoms with Crippen LogP contribution in [0, 0.1) is 0 Å². The second kappa shape index (κ2) is 3.93. The van der Waals surface area contributed by atoms with E-state index < -0.39 is 30.4 Å². The monoisotopic (exact) mass is 224 g/mol. The fourth-order valence-electron chi connectivity index (χ4n) is 0.918. The topological polar surface area (TPSA) is 70.7 Å². The summed E-state index contributed by atoms with van der Waals surface area (Å²) in [6, 6.07) is 1.67. The SMILES string of the molecule is O=C(O)C(O)Cc1ccc(C(F)(F)F)o1. The molecule has 0 aromatic carbocycles. The van der Waals surface area contributed by atoms with Crippen molar-refractivity contribution >= 4 is 5.97 Å². The average Bonchev–Trinajstić information content (AvgIpc) is 2.51. The van der Waals surface area contributed by atoms with Gasteiger partial charge in [0.15, 0.2) is 6.10 Å². The van der Waals surface area contributed by atoms with E-state index in [9.17, 15) is 18.0 Å². The summed E-state index contributed by atoms with van der Waals surface area (Å²) in [5, 5.41) is 17.1. The molecule has 0 aliphatic heterocycles. The minimum Gasteiger partial charge on any atom is -0.479 e. The number of halogens is 3. The molecule has 0 radical (unpaired) electrons. The zero-order chi connectivity index (χ0) is 11.6. The molecule has 1 unspecified atom stereocenters. The molecule has 4 nitrogen and oxygen atoms in total. The van der Waals surface area contributed by atoms with Gasteiger partial charge in [-0.2, -0.15) is 13.2 Å². The molecule has 1 heterocycles. The summed E-state index contributed by atoms with van der Waals surface area (Å²) in [6.45, 7) is 0. The molecule has 0 aliphatic rings. The Hall–Kier alpha value is -1.50. The van der Waals surface area contributed by atoms with Crippen molar-refractivity contribution in [1.82, 2.24) is 0 Å². The Bertz CT molecular complexity index is 355. The molecule has 0 aliphatic carbocycles. The van der Waals surface area contributed by atoms with Gasteiger partial charge in [0.1, 0.15) is 5.76 Å². The maximum absolute atomic E-state index is 12.0. The third-order valence-corrected chi connectivity index (χ3v) is 1.62. The molecule has 1 atom stereocenters. The van der Waals surface area contributed by atoms with Gasteiger partial charge < -0.3 is 14.6 Å². The van der Waals surface area contributed by atoms with Crippen LogP contribution < -0.4 is 0 Å². The summed E-state index contributed by atoms with van der Waals surface area (Å²) in [6.07, 6.45) is -6.87. The molecule has 1 aromatic rings. The first kappa shape index (κ1) is 11.6. The summed E-state index contributed by atoms with van der Waals surface area (Å²) < 4.78 is 40.4. The van der Waals surface area contributed by atoms with Crippen molar-refractivity contribution in [2.24, 2.45) is 0 Å². The van der Waals surface area contributed by atoms with Gasteiger partial charge in [0, 0.05) is 6.42 Å². The molecule has 0 saturated carbocycles. The molecule has 1 rings (SSSR count). The summed E-state index contributed by atoms with van der Waals surface area (Å²) in [4.78, 5) is 10.2. The molecule has 0 bridgehead atoms. The van der Waals surface area contributed by atoms with Crippen LogP contribution in [0.4, 0.5) is 13.2 Å². The molecule has 0 amide bonds. The first-order valence-electron chi connectivity index (χ1n) is 3.87. The Morgan fingerprint density at radius 1 is 1.47 bits per heavy atom. The first-order valence-corrected chi connectivity index (χ1v) is 3.87. The van der Waals surface area contributed by atoms with Crippen LogP contribution in [0.1, 0.15) is 11.5 Å². The molecule has 0 spiro atoms. The Labute approximate surface area is 81.9 Å². The van der Waals surface area contributed by atoms with Gasteiger partial charge in [0.05, 0.1) is 0 Å². The number of carboxylic acids is 1. The van der Waals surface area contributed by atoms with Crippen molar-refractivity contribution in [1.29, 1.82) is 0 Å². The van der Waals surface area contributed by atoms with Gasteiger partial charge in [-0.3, -0.25) is 0 Å². The van der Waals surface area contributed by atoms with Gasteiger partial charge in [0.25, 0.3) is 0 Å². The van der Waals surface area contributed by atoms with Crippen molar-refractivity contribution in [3.05, 3.63) is 23.7 Å². The maximum atomic E-state index is 12.0. The van der Waals surface area contributed by atoms with E-state index in [0.717, 1.165) is 6.07 Å². The number of furan rings is 1. The molecule has 1 aromatic heterocycles. The number of aliphatic carboxylic acids is 1. The minimum absolute atomic E-state index is 0.225. The van der Waals surface area contributed by atoms with E-state index in [2.05, 4.69) is 4.42 Å². The molecule has 0 saturated heterocycles. The largest absolute Gasteiger partial charge is 0.479 e. The Balaban J connectivity index is 2.73. The molecule has 15 heavy (non-hydrogen) atoms. The second-order valence-electron chi connectivity index (χ2n) is 2.82. The third kappa shape index (κ3) is 2.98. The third-order valence-electron chi connectivity index (χ3n) is 1.62. The number of rotatable bonds is 3. The Morgan fingerprint density at radius 2 is 2.07 bits per heavy atom. The number of alkyl halides is 3. The fraction of sp³-hybridized carbons (Fsp3) is 0.375. The van der Waals surface area contributed by atoms with Crippen molar-refractivity contribution in [3.8, 4) is 0 Å². The highest BCUT2D eigenvalue weighted by Crippen LogP contribution is 2.30. The van der Waals surface area contributed by atoms with E-state index in [1.807, 2.05) is 0 Å². The first-order chi connectivity index (χ1) is 6.80. The molecule has 0 fully saturated rings. The molecular formula is C8H7F3O4. The van der Waals surface area contributed by atoms with Crippen LogP contribution in [-0.2, 0) is 17.4 Å². The second-order valence-corrected chi connectivity index (χ2v) is 2.82. The molecule has 2 N–H and O–H groups in total. The van der Waals surface area contributed by atoms with E-state index in [-0.39, 0.29) is 5.76 Å². The van der Waals surface area contributed by atoms with Gasteiger partial charge in [0.2, 0.25) is 5.76 Å². The maximum Gasteiger partial charge on any atom is 0.449 e. The van der Waals surface area contributed by atoms with E-state index >= 15 is 0 Å². The predicted molar refractivity (Wildman–Crippen MR) is 41.1 cm³/mol. The minimum atomic E-state index is -4.60. The van der Waals surface area contributed by atoms with Crippen molar-refractivity contribution in [2.75, 3.05) is 0 Å². The number of carboxylic acid groups (broad SMARTS) is 1. The highest BCUT2D eigenvalue weighted by Gasteiger charge is 2.35. The van der Waals surface area contributed by atoms with Gasteiger partial charge in [-0.25, -0.2) is 4.79 Å². The lowest BCUT2D eigenvalue weighted by Gasteiger charge is -2.03. The zero-order valence-electron chi connectivity index (χ0n) is 7.28. The van der Waals surface area contributed by atoms with Crippen LogP contribution in [-0.4, -0.2) is 22.3 Å². The van der Waals surface area contributed by atoms with Gasteiger partial charge >= 0.3 is 12.1 Å². The zero-order valence-corrected chi connectivity index (χ0v) is 7.28. The summed E-state index contributed by atoms with van der Waals surface area (Å²) in [5.74, 6) is -2.95. The summed E-state index contributed by atoms with van der Waals surface area (Å²) in [5.41, 5.74) is 0. The van der Waals surface area contributed by atoms with E-state index in [1.165, 1.54) is 0 Å². The Kier molecular flexibility index (Phi) is 3.04. The average molecular weight is 224 g/mol. The molecular weight excluding hydrogens is 217 g/mol. The van der Waals surface area contributed by atoms with Crippen molar-refractivity contribution in [2.45, 2.75) is 18.7 Å². The van der Waals surface area contributed by atoms with E-state index in [1.54, 1.807) is 0 Å². The normalized spacial score (nSPS) is 13.9. The van der Waals surface area contributed by atoms with Crippen LogP contribution >= 0.6 is 0 Å². The number of carbonyl (C=O) groups is 1. The Morgan fingerprint density at radius 3 is 2.47 bits per heavy atom. The molecule has 7 heteroatoms. The van der Waals surface area contributed by atoms with Crippen LogP contribution in [0.15, 0.2) is 16.5 Å². The lowest BCUT2D eigenvalue weighted by atomic mass is 10.2. The van der Waals surface area contributed by atoms with Gasteiger partial charge in [-0.05, 0) is 12.1 Å². The number of hydrogen-bond acceptors (Lipinski definition) is 3. The van der Waals surface area contributed by atoms with Crippen LogP contribution in [0.25, 0.3) is 0 Å². The summed E-state index contributed by atoms with van der Waals surface area (Å²) in [7, 11) is 0. The number of hydrogen-bond donors (Lipinski definition) is 2. The highest BCUT2D eigenvalue weighted by atomic mass is 19.4. The quantitative estimate of drug-likeness (QED) is 0.811. The van der Waals surface area contributed by atoms with Crippen LogP contribution in [0.5, 0.6) is 0 Å². The lowest BCUT2D eigenvalue weighted by molar-refractivity contribution is -0.153. The van der Waals surface area contributed by atoms with Gasteiger partial charge in [-0.15, -0.1) is 0 Å². The van der Waals surface area contributed by atoms with E-state index in [4.69, 9.17) is 10.2 Å². The van der Waals surface area contributed by atoms with Gasteiger partial charge in [-0.1, -0.05) is 0 Å². The highest BCUT2D eigenvalue weighted by molar-refractivity contribution is 5.72. The fourth-order valence-corrected chi connectivity index (χ4v) is 0.918. The standard InChI is InChI=1S/C8H7F3O4/c9-8(10,11)6-2-1-4(15-6)3-5(12)7(13)14/h1-2,5,12H,3H2,(H,13,14). The van der Waals surface area contributed by atoms with Crippen molar-refractivity contribution in [3.63, 3.8) is 0 Å². The molecule has 84 valence electrons. The van der Waals surface area contributed by atoms with Crippen LogP contribution in [0.2, 0.25) is 0 Å². The number of aliphatic hydroxyl groups excluding tert-OH is 1. The van der Waals surface area contributed by atoms with Crippen molar-refractivity contribution < 1.29 is 32.6 Å². The van der Waals surface area contributed by atoms with Crippen LogP contribution in [0.3, 0.4) is 0 Å².